The minimum absolute atomic E-state index is 0.212. The molecule has 3 nitrogen and oxygen atoms in total. The van der Waals surface area contributed by atoms with Crippen LogP contribution in [0.3, 0.4) is 0 Å². The fourth-order valence-corrected chi connectivity index (χ4v) is 3.19. The van der Waals surface area contributed by atoms with Gasteiger partial charge in [0, 0.05) is 18.1 Å². The summed E-state index contributed by atoms with van der Waals surface area (Å²) in [6.45, 7) is 10.5. The predicted molar refractivity (Wildman–Crippen MR) is 84.0 cm³/mol. The van der Waals surface area contributed by atoms with E-state index in [0.717, 1.165) is 12.3 Å². The molecule has 1 saturated heterocycles. The first-order valence-electron chi connectivity index (χ1n) is 7.67. The third-order valence-electron chi connectivity index (χ3n) is 4.20. The molecule has 112 valence electrons. The van der Waals surface area contributed by atoms with Crippen LogP contribution in [-0.4, -0.2) is 29.6 Å². The van der Waals surface area contributed by atoms with Crippen molar-refractivity contribution in [2.45, 2.75) is 58.2 Å². The highest BCUT2D eigenvalue weighted by molar-refractivity contribution is 5.30. The van der Waals surface area contributed by atoms with Crippen molar-refractivity contribution in [1.29, 1.82) is 0 Å². The molecule has 1 aromatic rings. The second kappa shape index (κ2) is 6.15. The van der Waals surface area contributed by atoms with Crippen LogP contribution < -0.4 is 10.5 Å². The summed E-state index contributed by atoms with van der Waals surface area (Å²) in [7, 11) is 0. The number of nitrogens with two attached hydrogens (primary N) is 1. The molecule has 1 heterocycles. The second-order valence-corrected chi connectivity index (χ2v) is 6.60. The molecule has 1 atom stereocenters. The molecule has 1 aliphatic heterocycles. The fraction of sp³-hybridized carbons (Fsp3) is 0.647. The molecule has 0 radical (unpaired) electrons. The molecule has 2 N–H and O–H groups in total. The Morgan fingerprint density at radius 3 is 2.35 bits per heavy atom. The van der Waals surface area contributed by atoms with Crippen molar-refractivity contribution in [2.24, 2.45) is 5.73 Å². The first kappa shape index (κ1) is 15.3. The van der Waals surface area contributed by atoms with Gasteiger partial charge in [-0.15, -0.1) is 0 Å². The number of ether oxygens (including phenoxy) is 1. The minimum atomic E-state index is 0.212. The van der Waals surface area contributed by atoms with Gasteiger partial charge in [-0.3, -0.25) is 4.90 Å². The van der Waals surface area contributed by atoms with Gasteiger partial charge in [-0.05, 0) is 64.8 Å². The summed E-state index contributed by atoms with van der Waals surface area (Å²) in [6, 6.07) is 8.73. The number of benzene rings is 1. The monoisotopic (exact) mass is 276 g/mol. The Kier molecular flexibility index (Phi) is 4.71. The van der Waals surface area contributed by atoms with E-state index in [1.54, 1.807) is 0 Å². The van der Waals surface area contributed by atoms with E-state index in [2.05, 4.69) is 43.0 Å². The van der Waals surface area contributed by atoms with E-state index in [1.165, 1.54) is 18.4 Å². The number of hydrogen-bond donors (Lipinski definition) is 1. The van der Waals surface area contributed by atoms with Crippen molar-refractivity contribution in [3.8, 4) is 5.75 Å². The fourth-order valence-electron chi connectivity index (χ4n) is 3.19. The quantitative estimate of drug-likeness (QED) is 0.896. The zero-order valence-corrected chi connectivity index (χ0v) is 13.2. The molecule has 0 aliphatic carbocycles. The molecular formula is C17H28N2O. The van der Waals surface area contributed by atoms with Crippen LogP contribution >= 0.6 is 0 Å². The Hall–Kier alpha value is -1.06. The summed E-state index contributed by atoms with van der Waals surface area (Å²) >= 11 is 0. The highest BCUT2D eigenvalue weighted by Crippen LogP contribution is 2.36. The lowest BCUT2D eigenvalue weighted by atomic mass is 9.97. The molecule has 0 amide bonds. The Labute approximate surface area is 123 Å². The standard InChI is InChI=1S/C17H28N2O/c1-13(2)20-15-8-6-14(7-9-15)16(12-18)19-11-5-10-17(19,3)4/h6-9,13,16H,5,10-12,18H2,1-4H3. The van der Waals surface area contributed by atoms with Crippen molar-refractivity contribution >= 4 is 0 Å². The normalized spacial score (nSPS) is 20.3. The van der Waals surface area contributed by atoms with Gasteiger partial charge in [-0.1, -0.05) is 12.1 Å². The summed E-state index contributed by atoms with van der Waals surface area (Å²) in [5.41, 5.74) is 7.59. The van der Waals surface area contributed by atoms with Crippen molar-refractivity contribution in [3.63, 3.8) is 0 Å². The third kappa shape index (κ3) is 3.33. The highest BCUT2D eigenvalue weighted by Gasteiger charge is 2.36. The van der Waals surface area contributed by atoms with Crippen molar-refractivity contribution in [2.75, 3.05) is 13.1 Å². The van der Waals surface area contributed by atoms with Gasteiger partial charge >= 0.3 is 0 Å². The Bertz CT molecular complexity index is 425. The molecule has 2 rings (SSSR count). The lowest BCUT2D eigenvalue weighted by Crippen LogP contribution is -2.43. The van der Waals surface area contributed by atoms with E-state index in [0.29, 0.717) is 12.6 Å². The first-order valence-corrected chi connectivity index (χ1v) is 7.67. The Morgan fingerprint density at radius 1 is 1.25 bits per heavy atom. The predicted octanol–water partition coefficient (Wildman–Crippen LogP) is 3.35. The van der Waals surface area contributed by atoms with Crippen molar-refractivity contribution < 1.29 is 4.74 Å². The van der Waals surface area contributed by atoms with E-state index in [-0.39, 0.29) is 11.6 Å². The van der Waals surface area contributed by atoms with Gasteiger partial charge in [-0.25, -0.2) is 0 Å². The smallest absolute Gasteiger partial charge is 0.119 e. The van der Waals surface area contributed by atoms with Gasteiger partial charge in [-0.2, -0.15) is 0 Å². The van der Waals surface area contributed by atoms with Crippen LogP contribution in [0.15, 0.2) is 24.3 Å². The van der Waals surface area contributed by atoms with Crippen LogP contribution in [0, 0.1) is 0 Å². The van der Waals surface area contributed by atoms with E-state index in [4.69, 9.17) is 10.5 Å². The van der Waals surface area contributed by atoms with E-state index >= 15 is 0 Å². The van der Waals surface area contributed by atoms with Crippen LogP contribution in [0.2, 0.25) is 0 Å². The summed E-state index contributed by atoms with van der Waals surface area (Å²) in [5.74, 6) is 0.931. The largest absolute Gasteiger partial charge is 0.491 e. The number of likely N-dealkylation sites (tertiary alicyclic amines) is 1. The lowest BCUT2D eigenvalue weighted by Gasteiger charge is -2.38. The topological polar surface area (TPSA) is 38.5 Å². The van der Waals surface area contributed by atoms with Crippen LogP contribution in [0.1, 0.15) is 52.1 Å². The summed E-state index contributed by atoms with van der Waals surface area (Å²) < 4.78 is 5.70. The zero-order valence-electron chi connectivity index (χ0n) is 13.2. The summed E-state index contributed by atoms with van der Waals surface area (Å²) in [4.78, 5) is 2.55. The van der Waals surface area contributed by atoms with Crippen LogP contribution in [0.4, 0.5) is 0 Å². The Balaban J connectivity index is 2.15. The van der Waals surface area contributed by atoms with E-state index in [1.807, 2.05) is 13.8 Å². The molecule has 1 aromatic carbocycles. The molecule has 3 heteroatoms. The number of nitrogens with zero attached hydrogens (tertiary/aromatic N) is 1. The van der Waals surface area contributed by atoms with Gasteiger partial charge in [0.1, 0.15) is 5.75 Å². The minimum Gasteiger partial charge on any atom is -0.491 e. The van der Waals surface area contributed by atoms with E-state index in [9.17, 15) is 0 Å². The molecule has 20 heavy (non-hydrogen) atoms. The van der Waals surface area contributed by atoms with Gasteiger partial charge in [0.2, 0.25) is 0 Å². The molecule has 1 aliphatic rings. The second-order valence-electron chi connectivity index (χ2n) is 6.60. The maximum atomic E-state index is 6.05. The summed E-state index contributed by atoms with van der Waals surface area (Å²) in [6.07, 6.45) is 2.72. The molecule has 1 unspecified atom stereocenters. The lowest BCUT2D eigenvalue weighted by molar-refractivity contribution is 0.119. The zero-order chi connectivity index (χ0) is 14.8. The molecule has 1 fully saturated rings. The summed E-state index contributed by atoms with van der Waals surface area (Å²) in [5, 5.41) is 0. The average Bonchev–Trinajstić information content (AvgIpc) is 2.72. The third-order valence-corrected chi connectivity index (χ3v) is 4.20. The van der Waals surface area contributed by atoms with Crippen molar-refractivity contribution in [1.82, 2.24) is 4.90 Å². The maximum Gasteiger partial charge on any atom is 0.119 e. The van der Waals surface area contributed by atoms with E-state index < -0.39 is 0 Å². The molecule has 0 aromatic heterocycles. The number of rotatable bonds is 5. The highest BCUT2D eigenvalue weighted by atomic mass is 16.5. The van der Waals surface area contributed by atoms with Gasteiger partial charge in [0.25, 0.3) is 0 Å². The number of hydrogen-bond acceptors (Lipinski definition) is 3. The van der Waals surface area contributed by atoms with Crippen LogP contribution in [0.25, 0.3) is 0 Å². The van der Waals surface area contributed by atoms with Crippen LogP contribution in [-0.2, 0) is 0 Å². The van der Waals surface area contributed by atoms with Gasteiger partial charge < -0.3 is 10.5 Å². The molecular weight excluding hydrogens is 248 g/mol. The maximum absolute atomic E-state index is 6.05. The van der Waals surface area contributed by atoms with Crippen molar-refractivity contribution in [3.05, 3.63) is 29.8 Å². The Morgan fingerprint density at radius 2 is 1.90 bits per heavy atom. The molecule has 0 spiro atoms. The first-order chi connectivity index (χ1) is 9.44. The van der Waals surface area contributed by atoms with Gasteiger partial charge in [0.15, 0.2) is 0 Å². The molecule has 0 saturated carbocycles. The SMILES string of the molecule is CC(C)Oc1ccc(C(CN)N2CCCC2(C)C)cc1. The average molecular weight is 276 g/mol. The van der Waals surface area contributed by atoms with Gasteiger partial charge in [0.05, 0.1) is 6.10 Å². The molecule has 0 bridgehead atoms. The van der Waals surface area contributed by atoms with Crippen LogP contribution in [0.5, 0.6) is 5.75 Å².